The topological polar surface area (TPSA) is 17.8 Å². The first-order valence-electron chi connectivity index (χ1n) is 7.49. The summed E-state index contributed by atoms with van der Waals surface area (Å²) in [6, 6.07) is 14.3. The maximum absolute atomic E-state index is 6.11. The van der Waals surface area contributed by atoms with Gasteiger partial charge in [-0.05, 0) is 49.2 Å². The molecule has 0 aliphatic rings. The number of halogens is 2. The Labute approximate surface area is 140 Å². The normalized spacial score (nSPS) is 12.7. The van der Waals surface area contributed by atoms with Gasteiger partial charge in [0.15, 0.2) is 0 Å². The summed E-state index contributed by atoms with van der Waals surface area (Å²) in [5, 5.41) is 1.48. The van der Waals surface area contributed by atoms with Crippen LogP contribution < -0.4 is 0 Å². The first kappa shape index (κ1) is 15.4. The molecule has 1 atom stereocenters. The van der Waals surface area contributed by atoms with Crippen molar-refractivity contribution in [3.05, 3.63) is 63.9 Å². The lowest BCUT2D eigenvalue weighted by Gasteiger charge is -2.16. The highest BCUT2D eigenvalue weighted by atomic mass is 35.5. The number of rotatable bonds is 4. The second-order valence-corrected chi connectivity index (χ2v) is 6.46. The maximum atomic E-state index is 6.11. The molecule has 0 saturated carbocycles. The van der Waals surface area contributed by atoms with E-state index in [1.807, 2.05) is 24.3 Å². The van der Waals surface area contributed by atoms with Gasteiger partial charge in [-0.25, -0.2) is 4.98 Å². The van der Waals surface area contributed by atoms with Gasteiger partial charge in [-0.2, -0.15) is 0 Å². The number of imidazole rings is 1. The Hall–Kier alpha value is -1.51. The summed E-state index contributed by atoms with van der Waals surface area (Å²) in [5.41, 5.74) is 3.30. The summed E-state index contributed by atoms with van der Waals surface area (Å²) in [7, 11) is 0. The molecule has 114 valence electrons. The van der Waals surface area contributed by atoms with Crippen LogP contribution in [-0.4, -0.2) is 9.55 Å². The molecule has 4 heteroatoms. The van der Waals surface area contributed by atoms with Gasteiger partial charge in [0.2, 0.25) is 0 Å². The average Bonchev–Trinajstić information content (AvgIpc) is 2.85. The monoisotopic (exact) mass is 332 g/mol. The Morgan fingerprint density at radius 1 is 1.05 bits per heavy atom. The molecule has 0 amide bonds. The third kappa shape index (κ3) is 2.99. The van der Waals surface area contributed by atoms with E-state index in [0.717, 1.165) is 39.7 Å². The van der Waals surface area contributed by atoms with Crippen molar-refractivity contribution in [1.82, 2.24) is 9.55 Å². The molecule has 1 unspecified atom stereocenters. The lowest BCUT2D eigenvalue weighted by Crippen LogP contribution is -2.09. The van der Waals surface area contributed by atoms with Crippen LogP contribution in [0.3, 0.4) is 0 Å². The minimum Gasteiger partial charge on any atom is -0.325 e. The largest absolute Gasteiger partial charge is 0.325 e. The molecule has 0 spiro atoms. The predicted molar refractivity (Wildman–Crippen MR) is 94.0 cm³/mol. The zero-order chi connectivity index (χ0) is 15.7. The van der Waals surface area contributed by atoms with Crippen LogP contribution in [0.4, 0.5) is 0 Å². The zero-order valence-corrected chi connectivity index (χ0v) is 14.2. The molecular formula is C18H18Cl2N2. The Morgan fingerprint density at radius 2 is 1.73 bits per heavy atom. The van der Waals surface area contributed by atoms with E-state index in [-0.39, 0.29) is 0 Å². The van der Waals surface area contributed by atoms with E-state index in [1.54, 1.807) is 0 Å². The molecular weight excluding hydrogens is 315 g/mol. The van der Waals surface area contributed by atoms with Crippen LogP contribution in [-0.2, 0) is 6.42 Å². The number of aromatic nitrogens is 2. The molecule has 3 rings (SSSR count). The average molecular weight is 333 g/mol. The van der Waals surface area contributed by atoms with E-state index in [1.165, 1.54) is 5.56 Å². The lowest BCUT2D eigenvalue weighted by molar-refractivity contribution is 0.526. The van der Waals surface area contributed by atoms with Crippen molar-refractivity contribution < 1.29 is 0 Å². The third-order valence-corrected chi connectivity index (χ3v) is 4.52. The standard InChI is InChI=1S/C18H18Cl2N2/c1-3-12(2)22-17-9-8-15(20)11-16(17)21-18(22)10-13-4-6-14(19)7-5-13/h4-9,11-12H,3,10H2,1-2H3. The second-order valence-electron chi connectivity index (χ2n) is 5.59. The molecule has 0 aliphatic carbocycles. The minimum absolute atomic E-state index is 0.397. The maximum Gasteiger partial charge on any atom is 0.114 e. The fraction of sp³-hybridized carbons (Fsp3) is 0.278. The molecule has 3 aromatic rings. The number of nitrogens with zero attached hydrogens (tertiary/aromatic N) is 2. The zero-order valence-electron chi connectivity index (χ0n) is 12.7. The van der Waals surface area contributed by atoms with Crippen molar-refractivity contribution in [2.45, 2.75) is 32.7 Å². The minimum atomic E-state index is 0.397. The SMILES string of the molecule is CCC(C)n1c(Cc2ccc(Cl)cc2)nc2cc(Cl)ccc21. The third-order valence-electron chi connectivity index (χ3n) is 4.03. The lowest BCUT2D eigenvalue weighted by atomic mass is 10.1. The summed E-state index contributed by atoms with van der Waals surface area (Å²) in [4.78, 5) is 4.81. The van der Waals surface area contributed by atoms with Crippen molar-refractivity contribution in [2.24, 2.45) is 0 Å². The first-order chi connectivity index (χ1) is 10.6. The summed E-state index contributed by atoms with van der Waals surface area (Å²) in [6.07, 6.45) is 1.84. The molecule has 22 heavy (non-hydrogen) atoms. The smallest absolute Gasteiger partial charge is 0.114 e. The van der Waals surface area contributed by atoms with Crippen LogP contribution >= 0.6 is 23.2 Å². The number of hydrogen-bond donors (Lipinski definition) is 0. The van der Waals surface area contributed by atoms with Gasteiger partial charge in [0.1, 0.15) is 5.82 Å². The van der Waals surface area contributed by atoms with E-state index < -0.39 is 0 Å². The molecule has 0 fully saturated rings. The van der Waals surface area contributed by atoms with Crippen molar-refractivity contribution in [1.29, 1.82) is 0 Å². The first-order valence-corrected chi connectivity index (χ1v) is 8.25. The highest BCUT2D eigenvalue weighted by molar-refractivity contribution is 6.31. The number of hydrogen-bond acceptors (Lipinski definition) is 1. The summed E-state index contributed by atoms with van der Waals surface area (Å²) in [6.45, 7) is 4.42. The molecule has 0 aliphatic heterocycles. The fourth-order valence-electron chi connectivity index (χ4n) is 2.71. The molecule has 0 saturated heterocycles. The van der Waals surface area contributed by atoms with Crippen molar-refractivity contribution in [2.75, 3.05) is 0 Å². The van der Waals surface area contributed by atoms with Crippen LogP contribution in [0.15, 0.2) is 42.5 Å². The molecule has 2 aromatic carbocycles. The molecule has 0 bridgehead atoms. The Morgan fingerprint density at radius 3 is 2.41 bits per heavy atom. The van der Waals surface area contributed by atoms with Gasteiger partial charge in [0.05, 0.1) is 11.0 Å². The van der Waals surface area contributed by atoms with E-state index in [2.05, 4.69) is 36.6 Å². The molecule has 0 N–H and O–H groups in total. The van der Waals surface area contributed by atoms with Crippen LogP contribution in [0, 0.1) is 0 Å². The van der Waals surface area contributed by atoms with Gasteiger partial charge in [0.25, 0.3) is 0 Å². The summed E-state index contributed by atoms with van der Waals surface area (Å²) in [5.74, 6) is 1.06. The van der Waals surface area contributed by atoms with E-state index in [4.69, 9.17) is 28.2 Å². The van der Waals surface area contributed by atoms with E-state index >= 15 is 0 Å². The number of fused-ring (bicyclic) bond motifs is 1. The van der Waals surface area contributed by atoms with Crippen LogP contribution in [0.25, 0.3) is 11.0 Å². The van der Waals surface area contributed by atoms with E-state index in [9.17, 15) is 0 Å². The summed E-state index contributed by atoms with van der Waals surface area (Å²) >= 11 is 12.1. The molecule has 2 nitrogen and oxygen atoms in total. The molecule has 1 aromatic heterocycles. The van der Waals surface area contributed by atoms with Crippen molar-refractivity contribution in [3.8, 4) is 0 Å². The van der Waals surface area contributed by atoms with Crippen molar-refractivity contribution in [3.63, 3.8) is 0 Å². The molecule has 0 radical (unpaired) electrons. The Kier molecular flexibility index (Phi) is 4.42. The second kappa shape index (κ2) is 6.31. The fourth-order valence-corrected chi connectivity index (χ4v) is 3.00. The highest BCUT2D eigenvalue weighted by Crippen LogP contribution is 2.27. The Balaban J connectivity index is 2.08. The van der Waals surface area contributed by atoms with Gasteiger partial charge in [-0.15, -0.1) is 0 Å². The highest BCUT2D eigenvalue weighted by Gasteiger charge is 2.15. The van der Waals surface area contributed by atoms with Crippen molar-refractivity contribution >= 4 is 34.2 Å². The van der Waals surface area contributed by atoms with Gasteiger partial charge in [-0.3, -0.25) is 0 Å². The van der Waals surface area contributed by atoms with E-state index in [0.29, 0.717) is 6.04 Å². The van der Waals surface area contributed by atoms with Crippen LogP contribution in [0.1, 0.15) is 37.7 Å². The summed E-state index contributed by atoms with van der Waals surface area (Å²) < 4.78 is 2.32. The quantitative estimate of drug-likeness (QED) is 0.581. The van der Waals surface area contributed by atoms with Crippen LogP contribution in [0.5, 0.6) is 0 Å². The van der Waals surface area contributed by atoms with Gasteiger partial charge in [-0.1, -0.05) is 42.3 Å². The Bertz CT molecular complexity index is 791. The van der Waals surface area contributed by atoms with Gasteiger partial charge < -0.3 is 4.57 Å². The predicted octanol–water partition coefficient (Wildman–Crippen LogP) is 5.90. The van der Waals surface area contributed by atoms with Crippen LogP contribution in [0.2, 0.25) is 10.0 Å². The number of benzene rings is 2. The molecule has 1 heterocycles. The van der Waals surface area contributed by atoms with Gasteiger partial charge in [0, 0.05) is 22.5 Å². The van der Waals surface area contributed by atoms with Gasteiger partial charge >= 0.3 is 0 Å².